The van der Waals surface area contributed by atoms with Crippen molar-refractivity contribution < 1.29 is 19.4 Å². The third-order valence-electron chi connectivity index (χ3n) is 6.31. The van der Waals surface area contributed by atoms with E-state index in [9.17, 15) is 14.7 Å². The van der Waals surface area contributed by atoms with E-state index < -0.39 is 0 Å². The van der Waals surface area contributed by atoms with Crippen LogP contribution in [-0.2, 0) is 9.59 Å². The third-order valence-corrected chi connectivity index (χ3v) is 7.13. The summed E-state index contributed by atoms with van der Waals surface area (Å²) in [6.45, 7) is 2.26. The normalized spacial score (nSPS) is 35.7. The number of rotatable bonds is 4. The number of carbonyl (C=O) groups excluding carboxylic acids is 2. The number of ether oxygens (including phenoxy) is 1. The van der Waals surface area contributed by atoms with Gasteiger partial charge in [0, 0.05) is 0 Å². The number of benzene rings is 1. The van der Waals surface area contributed by atoms with Gasteiger partial charge in [-0.2, -0.15) is 10.1 Å². The van der Waals surface area contributed by atoms with Crippen LogP contribution in [0.3, 0.4) is 0 Å². The fourth-order valence-corrected chi connectivity index (χ4v) is 5.74. The third kappa shape index (κ3) is 2.47. The van der Waals surface area contributed by atoms with Crippen molar-refractivity contribution in [2.24, 2.45) is 40.6 Å². The van der Waals surface area contributed by atoms with Gasteiger partial charge in [0.05, 0.1) is 28.2 Å². The molecule has 1 saturated heterocycles. The molecule has 0 spiro atoms. The van der Waals surface area contributed by atoms with Gasteiger partial charge in [0.25, 0.3) is 11.8 Å². The van der Waals surface area contributed by atoms with E-state index in [0.29, 0.717) is 33.3 Å². The average molecular weight is 478 g/mol. The standard InChI is InChI=1S/C20H19IN2O4/c1-2-27-15-6-9(5-14(21)18(15)24)8-22-23-19(25)16-10-3-4-11(13-7-12(10)13)17(16)20(23)26/h3-6,8,10-13,16-17,24H,2,7H2,1H3/t10-,11-,12-,13-,16-,17+/m0/s1. The van der Waals surface area contributed by atoms with Gasteiger partial charge in [-0.05, 0) is 77.3 Å². The van der Waals surface area contributed by atoms with Gasteiger partial charge in [0.2, 0.25) is 0 Å². The van der Waals surface area contributed by atoms with E-state index in [0.717, 1.165) is 11.4 Å². The second kappa shape index (κ2) is 6.05. The van der Waals surface area contributed by atoms with Crippen molar-refractivity contribution >= 4 is 40.6 Å². The number of allylic oxidation sites excluding steroid dienone is 2. The number of phenols is 1. The summed E-state index contributed by atoms with van der Waals surface area (Å²) in [5.74, 6) is 1.15. The first kappa shape index (κ1) is 17.2. The van der Waals surface area contributed by atoms with Crippen LogP contribution in [0.25, 0.3) is 0 Å². The van der Waals surface area contributed by atoms with Crippen molar-refractivity contribution in [3.8, 4) is 11.5 Å². The van der Waals surface area contributed by atoms with Crippen molar-refractivity contribution in [2.45, 2.75) is 13.3 Å². The Morgan fingerprint density at radius 2 is 1.85 bits per heavy atom. The molecule has 3 fully saturated rings. The smallest absolute Gasteiger partial charge is 0.254 e. The van der Waals surface area contributed by atoms with E-state index in [-0.39, 0.29) is 41.2 Å². The second-order valence-electron chi connectivity index (χ2n) is 7.67. The molecule has 6 atom stereocenters. The predicted octanol–water partition coefficient (Wildman–Crippen LogP) is 2.78. The Balaban J connectivity index is 1.42. The molecular formula is C20H19IN2O4. The van der Waals surface area contributed by atoms with Gasteiger partial charge in [-0.3, -0.25) is 9.59 Å². The highest BCUT2D eigenvalue weighted by atomic mass is 127. The van der Waals surface area contributed by atoms with E-state index in [1.807, 2.05) is 29.5 Å². The summed E-state index contributed by atoms with van der Waals surface area (Å²) < 4.78 is 6.05. The van der Waals surface area contributed by atoms with Gasteiger partial charge in [-0.25, -0.2) is 0 Å². The van der Waals surface area contributed by atoms with Gasteiger partial charge in [-0.15, -0.1) is 0 Å². The Morgan fingerprint density at radius 1 is 1.22 bits per heavy atom. The molecule has 2 amide bonds. The van der Waals surface area contributed by atoms with Gasteiger partial charge < -0.3 is 9.84 Å². The topological polar surface area (TPSA) is 79.2 Å². The lowest BCUT2D eigenvalue weighted by atomic mass is 9.63. The Hall–Kier alpha value is -1.90. The number of phenolic OH excluding ortho intramolecular Hbond substituents is 1. The quantitative estimate of drug-likeness (QED) is 0.313. The number of aromatic hydroxyl groups is 1. The molecule has 6 rings (SSSR count). The monoisotopic (exact) mass is 478 g/mol. The van der Waals surface area contributed by atoms with Crippen molar-refractivity contribution in [1.82, 2.24) is 5.01 Å². The highest BCUT2D eigenvalue weighted by Crippen LogP contribution is 2.65. The molecule has 140 valence electrons. The molecule has 6 nitrogen and oxygen atoms in total. The first-order valence-corrected chi connectivity index (χ1v) is 10.3. The van der Waals surface area contributed by atoms with E-state index in [1.54, 1.807) is 12.1 Å². The Kier molecular flexibility index (Phi) is 3.86. The van der Waals surface area contributed by atoms with E-state index in [1.165, 1.54) is 6.21 Å². The summed E-state index contributed by atoms with van der Waals surface area (Å²) in [4.78, 5) is 25.8. The summed E-state index contributed by atoms with van der Waals surface area (Å²) in [5.41, 5.74) is 0.667. The lowest BCUT2D eigenvalue weighted by Gasteiger charge is -2.37. The number of hydrazone groups is 1. The molecule has 0 radical (unpaired) electrons. The molecule has 27 heavy (non-hydrogen) atoms. The van der Waals surface area contributed by atoms with E-state index in [2.05, 4.69) is 17.3 Å². The van der Waals surface area contributed by atoms with Crippen molar-refractivity contribution in [1.29, 1.82) is 0 Å². The number of carbonyl (C=O) groups is 2. The highest BCUT2D eigenvalue weighted by molar-refractivity contribution is 14.1. The summed E-state index contributed by atoms with van der Waals surface area (Å²) in [6, 6.07) is 3.39. The van der Waals surface area contributed by atoms with Crippen LogP contribution in [0.1, 0.15) is 18.9 Å². The summed E-state index contributed by atoms with van der Waals surface area (Å²) in [5, 5.41) is 15.3. The van der Waals surface area contributed by atoms with Gasteiger partial charge in [-0.1, -0.05) is 12.2 Å². The second-order valence-corrected chi connectivity index (χ2v) is 8.83. The first-order valence-electron chi connectivity index (χ1n) is 9.26. The maximum absolute atomic E-state index is 12.9. The van der Waals surface area contributed by atoms with Gasteiger partial charge in [0.15, 0.2) is 11.5 Å². The Labute approximate surface area is 170 Å². The molecule has 1 aromatic rings. The molecule has 0 aromatic heterocycles. The molecular weight excluding hydrogens is 459 g/mol. The zero-order chi connectivity index (χ0) is 18.9. The highest BCUT2D eigenvalue weighted by Gasteiger charge is 2.67. The van der Waals surface area contributed by atoms with Gasteiger partial charge >= 0.3 is 0 Å². The summed E-state index contributed by atoms with van der Waals surface area (Å²) >= 11 is 2.01. The molecule has 1 N–H and O–H groups in total. The molecule has 0 unspecified atom stereocenters. The molecule has 1 aliphatic heterocycles. The molecule has 1 aromatic carbocycles. The molecule has 1 heterocycles. The Bertz CT molecular complexity index is 875. The van der Waals surface area contributed by atoms with Crippen molar-refractivity contribution in [3.05, 3.63) is 33.4 Å². The van der Waals surface area contributed by atoms with Crippen molar-refractivity contribution in [2.75, 3.05) is 6.61 Å². The lowest BCUT2D eigenvalue weighted by Crippen LogP contribution is -2.40. The van der Waals surface area contributed by atoms with Crippen LogP contribution in [0.5, 0.6) is 11.5 Å². The number of halogens is 1. The molecule has 4 aliphatic carbocycles. The van der Waals surface area contributed by atoms with E-state index >= 15 is 0 Å². The summed E-state index contributed by atoms with van der Waals surface area (Å²) in [7, 11) is 0. The lowest BCUT2D eigenvalue weighted by molar-refractivity contribution is -0.140. The largest absolute Gasteiger partial charge is 0.504 e. The molecule has 2 saturated carbocycles. The molecule has 5 aliphatic rings. The van der Waals surface area contributed by atoms with Crippen LogP contribution < -0.4 is 4.74 Å². The zero-order valence-electron chi connectivity index (χ0n) is 14.7. The Morgan fingerprint density at radius 3 is 2.44 bits per heavy atom. The number of imide groups is 1. The number of nitrogens with zero attached hydrogens (tertiary/aromatic N) is 2. The minimum Gasteiger partial charge on any atom is -0.504 e. The SMILES string of the molecule is CCOc1cc(C=NN2C(=O)[C@@H]3[C@H]4C=C[C@@H]([C@@H]5C[C@@H]45)[C@@H]3C2=O)cc(I)c1O. The van der Waals surface area contributed by atoms with Crippen LogP contribution in [-0.4, -0.2) is 34.8 Å². The maximum atomic E-state index is 12.9. The van der Waals surface area contributed by atoms with Crippen LogP contribution in [0.4, 0.5) is 0 Å². The first-order chi connectivity index (χ1) is 13.0. The van der Waals surface area contributed by atoms with E-state index in [4.69, 9.17) is 4.74 Å². The average Bonchev–Trinajstić information content (AvgIpc) is 3.43. The van der Waals surface area contributed by atoms with Crippen LogP contribution in [0.15, 0.2) is 29.4 Å². The number of hydrogen-bond donors (Lipinski definition) is 1. The predicted molar refractivity (Wildman–Crippen MR) is 106 cm³/mol. The van der Waals surface area contributed by atoms with Gasteiger partial charge in [0.1, 0.15) is 0 Å². The minimum absolute atomic E-state index is 0.0795. The maximum Gasteiger partial charge on any atom is 0.254 e. The fourth-order valence-electron chi connectivity index (χ4n) is 5.11. The van der Waals surface area contributed by atoms with Crippen LogP contribution in [0.2, 0.25) is 0 Å². The number of hydrogen-bond acceptors (Lipinski definition) is 5. The minimum atomic E-state index is -0.243. The van der Waals surface area contributed by atoms with Crippen LogP contribution >= 0.6 is 22.6 Å². The summed E-state index contributed by atoms with van der Waals surface area (Å²) in [6.07, 6.45) is 6.93. The van der Waals surface area contributed by atoms with Crippen molar-refractivity contribution in [3.63, 3.8) is 0 Å². The molecule has 7 heteroatoms. The molecule has 2 bridgehead atoms. The van der Waals surface area contributed by atoms with Crippen LogP contribution in [0, 0.1) is 39.1 Å². The number of amides is 2. The zero-order valence-corrected chi connectivity index (χ0v) is 16.9. The fraction of sp³-hybridized carbons (Fsp3) is 0.450.